The Bertz CT molecular complexity index is 54.9. The summed E-state index contributed by atoms with van der Waals surface area (Å²) < 4.78 is 0. The van der Waals surface area contributed by atoms with Crippen molar-refractivity contribution >= 4 is 0 Å². The summed E-state index contributed by atoms with van der Waals surface area (Å²) in [6, 6.07) is 0. The van der Waals surface area contributed by atoms with E-state index in [1.165, 1.54) is 0 Å². The van der Waals surface area contributed by atoms with E-state index in [0.29, 0.717) is 5.92 Å². The normalized spacial score (nSPS) is 10.7. The highest BCUT2D eigenvalue weighted by Crippen LogP contribution is 1.90. The van der Waals surface area contributed by atoms with Gasteiger partial charge in [-0.25, -0.2) is 0 Å². The van der Waals surface area contributed by atoms with Crippen molar-refractivity contribution in [3.63, 3.8) is 0 Å². The second kappa shape index (κ2) is 6.05. The van der Waals surface area contributed by atoms with Crippen LogP contribution in [0.2, 0.25) is 0 Å². The van der Waals surface area contributed by atoms with Crippen LogP contribution in [-0.2, 0) is 4.84 Å². The maximum atomic E-state index is 4.96. The van der Waals surface area contributed by atoms with Gasteiger partial charge in [0.25, 0.3) is 0 Å². The highest BCUT2D eigenvalue weighted by molar-refractivity contribution is 4.36. The molecule has 0 fully saturated rings. The smallest absolute Gasteiger partial charge is 0.0725 e. The topological polar surface area (TPSA) is 23.3 Å². The van der Waals surface area contributed by atoms with Gasteiger partial charge in [0, 0.05) is 6.54 Å². The molecule has 0 aliphatic heterocycles. The number of hydroxylamine groups is 1. The molecule has 0 aromatic carbocycles. The van der Waals surface area contributed by atoms with Crippen LogP contribution < -0.4 is 5.48 Å². The second-order valence-corrected chi connectivity index (χ2v) is 2.54. The van der Waals surface area contributed by atoms with Crippen LogP contribution >= 0.6 is 0 Å². The zero-order valence-electron chi connectivity index (χ0n) is 6.55. The fraction of sp³-hybridized carbons (Fsp3) is 1.00. The molecule has 0 saturated carbocycles. The largest absolute Gasteiger partial charge is 0.282 e. The third-order valence-corrected chi connectivity index (χ3v) is 0.814. The second-order valence-electron chi connectivity index (χ2n) is 2.54. The molecule has 0 bridgehead atoms. The molecule has 0 saturated heterocycles. The number of hydrogen-bond acceptors (Lipinski definition) is 1. The van der Waals surface area contributed by atoms with Gasteiger partial charge in [0.1, 0.15) is 0 Å². The highest BCUT2D eigenvalue weighted by Gasteiger charge is 1.92. The molecule has 0 spiro atoms. The minimum Gasteiger partial charge on any atom is -0.282 e. The molecule has 2 heteroatoms. The fourth-order valence-corrected chi connectivity index (χ4v) is 0.358. The van der Waals surface area contributed by atoms with E-state index in [2.05, 4.69) is 26.3 Å². The van der Waals surface area contributed by atoms with Crippen LogP contribution in [0, 0.1) is 5.92 Å². The third kappa shape index (κ3) is 7.92. The van der Waals surface area contributed by atoms with Gasteiger partial charge in [0.15, 0.2) is 0 Å². The summed E-state index contributed by atoms with van der Waals surface area (Å²) in [6.45, 7) is 7.89. The predicted molar refractivity (Wildman–Crippen MR) is 38.1 cm³/mol. The number of nitrogens with zero attached hydrogens (tertiary/aromatic N) is 1. The van der Waals surface area contributed by atoms with E-state index in [4.69, 9.17) is 4.84 Å². The molecular formula is C7H16NO. The van der Waals surface area contributed by atoms with Gasteiger partial charge in [-0.2, -0.15) is 0 Å². The van der Waals surface area contributed by atoms with E-state index in [0.717, 1.165) is 19.6 Å². The van der Waals surface area contributed by atoms with Gasteiger partial charge in [-0.1, -0.05) is 26.3 Å². The predicted octanol–water partition coefficient (Wildman–Crippen LogP) is 1.59. The minimum absolute atomic E-state index is 0.589. The Hall–Kier alpha value is -0.0800. The first kappa shape index (κ1) is 8.92. The lowest BCUT2D eigenvalue weighted by atomic mass is 10.2. The van der Waals surface area contributed by atoms with Gasteiger partial charge >= 0.3 is 0 Å². The molecule has 0 aliphatic rings. The van der Waals surface area contributed by atoms with E-state index >= 15 is 0 Å². The standard InChI is InChI=1S/C7H16NO/c1-4-5-8-9-6-7(2)3/h7H,4-6H2,1-3H3. The number of hydrogen-bond donors (Lipinski definition) is 0. The summed E-state index contributed by atoms with van der Waals surface area (Å²) in [5.41, 5.74) is 3.83. The van der Waals surface area contributed by atoms with Crippen LogP contribution in [0.1, 0.15) is 27.2 Å². The molecule has 9 heavy (non-hydrogen) atoms. The summed E-state index contributed by atoms with van der Waals surface area (Å²) in [6.07, 6.45) is 1.07. The molecule has 0 rings (SSSR count). The van der Waals surface area contributed by atoms with Crippen LogP contribution in [0.3, 0.4) is 0 Å². The van der Waals surface area contributed by atoms with Crippen LogP contribution in [0.5, 0.6) is 0 Å². The molecule has 0 heterocycles. The summed E-state index contributed by atoms with van der Waals surface area (Å²) in [7, 11) is 0. The van der Waals surface area contributed by atoms with Crippen molar-refractivity contribution in [2.75, 3.05) is 13.2 Å². The Labute approximate surface area is 57.5 Å². The Morgan fingerprint density at radius 1 is 1.44 bits per heavy atom. The minimum atomic E-state index is 0.589. The van der Waals surface area contributed by atoms with Crippen molar-refractivity contribution in [3.8, 4) is 0 Å². The molecule has 2 nitrogen and oxygen atoms in total. The van der Waals surface area contributed by atoms with Crippen molar-refractivity contribution in [3.05, 3.63) is 0 Å². The average molecular weight is 130 g/mol. The van der Waals surface area contributed by atoms with Gasteiger partial charge in [0.05, 0.1) is 6.61 Å². The van der Waals surface area contributed by atoms with Crippen molar-refractivity contribution in [1.82, 2.24) is 5.48 Å². The SMILES string of the molecule is CCC[N]OCC(C)C. The van der Waals surface area contributed by atoms with Gasteiger partial charge < -0.3 is 0 Å². The maximum absolute atomic E-state index is 4.96. The summed E-state index contributed by atoms with van der Waals surface area (Å²) >= 11 is 0. The molecular weight excluding hydrogens is 114 g/mol. The van der Waals surface area contributed by atoms with Gasteiger partial charge in [-0.15, -0.1) is 0 Å². The van der Waals surface area contributed by atoms with Crippen LogP contribution in [0.15, 0.2) is 0 Å². The lowest BCUT2D eigenvalue weighted by Crippen LogP contribution is -2.11. The van der Waals surface area contributed by atoms with E-state index in [9.17, 15) is 0 Å². The van der Waals surface area contributed by atoms with E-state index < -0.39 is 0 Å². The van der Waals surface area contributed by atoms with E-state index in [1.54, 1.807) is 0 Å². The zero-order valence-corrected chi connectivity index (χ0v) is 6.55. The Kier molecular flexibility index (Phi) is 5.99. The Morgan fingerprint density at radius 2 is 2.11 bits per heavy atom. The molecule has 0 N–H and O–H groups in total. The summed E-state index contributed by atoms with van der Waals surface area (Å²) in [4.78, 5) is 4.96. The molecule has 0 amide bonds. The van der Waals surface area contributed by atoms with Gasteiger partial charge in [-0.05, 0) is 12.3 Å². The Morgan fingerprint density at radius 3 is 2.56 bits per heavy atom. The molecule has 55 valence electrons. The monoisotopic (exact) mass is 130 g/mol. The van der Waals surface area contributed by atoms with E-state index in [1.807, 2.05) is 0 Å². The lowest BCUT2D eigenvalue weighted by Gasteiger charge is -2.03. The van der Waals surface area contributed by atoms with Gasteiger partial charge in [0.2, 0.25) is 0 Å². The summed E-state index contributed by atoms with van der Waals surface area (Å²) in [5.74, 6) is 0.589. The summed E-state index contributed by atoms with van der Waals surface area (Å²) in [5, 5.41) is 0. The molecule has 0 aromatic rings. The van der Waals surface area contributed by atoms with Crippen molar-refractivity contribution < 1.29 is 4.84 Å². The highest BCUT2D eigenvalue weighted by atomic mass is 16.6. The van der Waals surface area contributed by atoms with Crippen molar-refractivity contribution in [2.45, 2.75) is 27.2 Å². The molecule has 1 radical (unpaired) electrons. The molecule has 0 atom stereocenters. The fourth-order valence-electron chi connectivity index (χ4n) is 0.358. The average Bonchev–Trinajstić information content (AvgIpc) is 1.80. The first-order valence-corrected chi connectivity index (χ1v) is 3.56. The lowest BCUT2D eigenvalue weighted by molar-refractivity contribution is 0.0165. The molecule has 0 aliphatic carbocycles. The quantitative estimate of drug-likeness (QED) is 0.409. The van der Waals surface area contributed by atoms with E-state index in [-0.39, 0.29) is 0 Å². The van der Waals surface area contributed by atoms with Gasteiger partial charge in [-0.3, -0.25) is 4.84 Å². The van der Waals surface area contributed by atoms with Crippen LogP contribution in [-0.4, -0.2) is 13.2 Å². The van der Waals surface area contributed by atoms with Crippen LogP contribution in [0.25, 0.3) is 0 Å². The number of rotatable bonds is 5. The molecule has 0 unspecified atom stereocenters. The zero-order chi connectivity index (χ0) is 7.11. The van der Waals surface area contributed by atoms with Crippen molar-refractivity contribution in [2.24, 2.45) is 5.92 Å². The first-order chi connectivity index (χ1) is 4.27. The third-order valence-electron chi connectivity index (χ3n) is 0.814. The Balaban J connectivity index is 2.75. The first-order valence-electron chi connectivity index (χ1n) is 3.56. The molecule has 0 aromatic heterocycles. The van der Waals surface area contributed by atoms with Crippen molar-refractivity contribution in [1.29, 1.82) is 0 Å². The maximum Gasteiger partial charge on any atom is 0.0725 e. The van der Waals surface area contributed by atoms with Crippen LogP contribution in [0.4, 0.5) is 0 Å².